The first-order valence-electron chi connectivity index (χ1n) is 8.33. The highest BCUT2D eigenvalue weighted by molar-refractivity contribution is 8.00. The van der Waals surface area contributed by atoms with Crippen LogP contribution in [0.2, 0.25) is 0 Å². The summed E-state index contributed by atoms with van der Waals surface area (Å²) in [5, 5.41) is 5.47. The third-order valence-electron chi connectivity index (χ3n) is 4.28. The van der Waals surface area contributed by atoms with Crippen LogP contribution < -0.4 is 10.2 Å². The van der Waals surface area contributed by atoms with Crippen LogP contribution in [0.3, 0.4) is 0 Å². The number of thioether (sulfide) groups is 1. The van der Waals surface area contributed by atoms with E-state index in [9.17, 15) is 9.59 Å². The van der Waals surface area contributed by atoms with Crippen LogP contribution in [0.25, 0.3) is 0 Å². The smallest absolute Gasteiger partial charge is 0.307 e. The van der Waals surface area contributed by atoms with Crippen LogP contribution >= 0.6 is 23.1 Å². The van der Waals surface area contributed by atoms with E-state index in [1.807, 2.05) is 36.2 Å². The van der Waals surface area contributed by atoms with E-state index in [4.69, 9.17) is 0 Å². The fraction of sp³-hybridized carbons (Fsp3) is 0.444. The normalized spacial score (nSPS) is 14.9. The Kier molecular flexibility index (Phi) is 5.79. The molecule has 1 N–H and O–H groups in total. The highest BCUT2D eigenvalue weighted by atomic mass is 32.2. The van der Waals surface area contributed by atoms with Gasteiger partial charge in [0, 0.05) is 39.9 Å². The molecule has 24 heavy (non-hydrogen) atoms. The first-order valence-corrected chi connectivity index (χ1v) is 10.1. The van der Waals surface area contributed by atoms with Gasteiger partial charge in [0.2, 0.25) is 5.91 Å². The summed E-state index contributed by atoms with van der Waals surface area (Å²) in [6, 6.07) is 8.06. The number of thiazole rings is 1. The molecule has 0 aliphatic heterocycles. The Morgan fingerprint density at radius 1 is 1.29 bits per heavy atom. The fourth-order valence-corrected chi connectivity index (χ4v) is 4.94. The van der Waals surface area contributed by atoms with Gasteiger partial charge in [0.15, 0.2) is 0 Å². The minimum atomic E-state index is -0.0660. The molecular formula is C18H22N2O2S2. The van der Waals surface area contributed by atoms with E-state index in [0.29, 0.717) is 13.0 Å². The van der Waals surface area contributed by atoms with Crippen molar-refractivity contribution in [3.63, 3.8) is 0 Å². The van der Waals surface area contributed by atoms with Crippen molar-refractivity contribution in [2.24, 2.45) is 0 Å². The van der Waals surface area contributed by atoms with Crippen molar-refractivity contribution in [1.82, 2.24) is 4.57 Å². The number of carbonyl (C=O) groups excluding carboxylic acids is 1. The van der Waals surface area contributed by atoms with Gasteiger partial charge in [-0.25, -0.2) is 0 Å². The molecule has 128 valence electrons. The number of hydrogen-bond acceptors (Lipinski definition) is 4. The molecule has 1 amide bonds. The molecule has 0 atom stereocenters. The fourth-order valence-electron chi connectivity index (χ4n) is 2.93. The summed E-state index contributed by atoms with van der Waals surface area (Å²) in [6.07, 6.45) is 5.61. The van der Waals surface area contributed by atoms with Gasteiger partial charge in [-0.05, 0) is 44.0 Å². The van der Waals surface area contributed by atoms with E-state index >= 15 is 0 Å². The van der Waals surface area contributed by atoms with Crippen LogP contribution in [-0.2, 0) is 11.3 Å². The number of nitrogens with one attached hydrogen (secondary N) is 1. The van der Waals surface area contributed by atoms with Crippen molar-refractivity contribution >= 4 is 34.7 Å². The molecule has 1 aromatic carbocycles. The van der Waals surface area contributed by atoms with E-state index in [0.717, 1.165) is 16.6 Å². The molecule has 6 heteroatoms. The number of aromatic nitrogens is 1. The summed E-state index contributed by atoms with van der Waals surface area (Å²) >= 11 is 3.12. The van der Waals surface area contributed by atoms with Crippen LogP contribution in [0.15, 0.2) is 39.3 Å². The summed E-state index contributed by atoms with van der Waals surface area (Å²) in [5.74, 6) is -0.0660. The van der Waals surface area contributed by atoms with E-state index in [-0.39, 0.29) is 10.8 Å². The van der Waals surface area contributed by atoms with Gasteiger partial charge < -0.3 is 9.88 Å². The van der Waals surface area contributed by atoms with Gasteiger partial charge >= 0.3 is 4.87 Å². The zero-order chi connectivity index (χ0) is 16.9. The van der Waals surface area contributed by atoms with Gasteiger partial charge in [-0.1, -0.05) is 24.2 Å². The molecule has 3 rings (SSSR count). The van der Waals surface area contributed by atoms with Crippen molar-refractivity contribution in [1.29, 1.82) is 0 Å². The van der Waals surface area contributed by atoms with E-state index in [2.05, 4.69) is 17.4 Å². The standard InChI is InChI=1S/C18H22N2O2S2/c1-13-12-23-18(22)20(13)11-10-17(21)19-14-6-8-16(9-7-14)24-15-4-2-3-5-15/h6-9,12,15H,2-5,10-11H2,1H3,(H,19,21). The summed E-state index contributed by atoms with van der Waals surface area (Å²) in [7, 11) is 0. The lowest BCUT2D eigenvalue weighted by molar-refractivity contribution is -0.116. The Labute approximate surface area is 150 Å². The second-order valence-electron chi connectivity index (χ2n) is 6.14. The van der Waals surface area contributed by atoms with Gasteiger partial charge in [-0.15, -0.1) is 11.8 Å². The number of anilines is 1. The average molecular weight is 363 g/mol. The Balaban J connectivity index is 1.50. The number of carbonyl (C=O) groups is 1. The molecule has 0 spiro atoms. The molecule has 4 nitrogen and oxygen atoms in total. The van der Waals surface area contributed by atoms with E-state index in [1.54, 1.807) is 4.57 Å². The van der Waals surface area contributed by atoms with Crippen LogP contribution in [0.4, 0.5) is 5.69 Å². The monoisotopic (exact) mass is 362 g/mol. The Morgan fingerprint density at radius 2 is 2.00 bits per heavy atom. The van der Waals surface area contributed by atoms with Gasteiger partial charge in [-0.3, -0.25) is 9.59 Å². The third kappa shape index (κ3) is 4.51. The Bertz CT molecular complexity index is 743. The molecule has 1 saturated carbocycles. The second kappa shape index (κ2) is 8.03. The van der Waals surface area contributed by atoms with E-state index < -0.39 is 0 Å². The lowest BCUT2D eigenvalue weighted by Crippen LogP contribution is -2.20. The van der Waals surface area contributed by atoms with Crippen molar-refractivity contribution in [3.8, 4) is 0 Å². The molecule has 1 aliphatic carbocycles. The number of nitrogens with zero attached hydrogens (tertiary/aromatic N) is 1. The van der Waals surface area contributed by atoms with Crippen molar-refractivity contribution in [2.75, 3.05) is 5.32 Å². The van der Waals surface area contributed by atoms with E-state index in [1.165, 1.54) is 41.9 Å². The number of aryl methyl sites for hydroxylation is 1. The highest BCUT2D eigenvalue weighted by Gasteiger charge is 2.16. The topological polar surface area (TPSA) is 51.1 Å². The predicted octanol–water partition coefficient (Wildman–Crippen LogP) is 4.28. The molecule has 1 fully saturated rings. The quantitative estimate of drug-likeness (QED) is 0.834. The largest absolute Gasteiger partial charge is 0.326 e. The Hall–Kier alpha value is -1.53. The highest BCUT2D eigenvalue weighted by Crippen LogP contribution is 2.34. The molecule has 0 bridgehead atoms. The van der Waals surface area contributed by atoms with Crippen molar-refractivity contribution in [2.45, 2.75) is 55.7 Å². The first-order chi connectivity index (χ1) is 11.6. The summed E-state index contributed by atoms with van der Waals surface area (Å²) < 4.78 is 1.64. The molecule has 0 saturated heterocycles. The van der Waals surface area contributed by atoms with Crippen molar-refractivity contribution < 1.29 is 4.79 Å². The molecule has 2 aromatic rings. The number of hydrogen-bond donors (Lipinski definition) is 1. The Morgan fingerprint density at radius 3 is 2.62 bits per heavy atom. The van der Waals surface area contributed by atoms with Crippen LogP contribution in [0.5, 0.6) is 0 Å². The second-order valence-corrected chi connectivity index (χ2v) is 8.34. The van der Waals surface area contributed by atoms with Crippen LogP contribution in [-0.4, -0.2) is 15.7 Å². The number of amides is 1. The number of rotatable bonds is 6. The van der Waals surface area contributed by atoms with Crippen LogP contribution in [0.1, 0.15) is 37.8 Å². The summed E-state index contributed by atoms with van der Waals surface area (Å²) in [4.78, 5) is 25.0. The van der Waals surface area contributed by atoms with Gasteiger partial charge in [0.25, 0.3) is 0 Å². The molecule has 1 aromatic heterocycles. The summed E-state index contributed by atoms with van der Waals surface area (Å²) in [6.45, 7) is 2.31. The minimum absolute atomic E-state index is 0.00593. The maximum Gasteiger partial charge on any atom is 0.307 e. The molecule has 1 heterocycles. The third-order valence-corrected chi connectivity index (χ3v) is 6.51. The van der Waals surface area contributed by atoms with Gasteiger partial charge in [0.1, 0.15) is 0 Å². The summed E-state index contributed by atoms with van der Waals surface area (Å²) in [5.41, 5.74) is 1.72. The predicted molar refractivity (Wildman–Crippen MR) is 101 cm³/mol. The maximum absolute atomic E-state index is 12.1. The maximum atomic E-state index is 12.1. The molecule has 0 unspecified atom stereocenters. The number of benzene rings is 1. The minimum Gasteiger partial charge on any atom is -0.326 e. The zero-order valence-electron chi connectivity index (χ0n) is 13.8. The first kappa shape index (κ1) is 17.3. The zero-order valence-corrected chi connectivity index (χ0v) is 15.4. The van der Waals surface area contributed by atoms with Crippen molar-refractivity contribution in [3.05, 3.63) is 45.0 Å². The molecule has 1 aliphatic rings. The average Bonchev–Trinajstić information content (AvgIpc) is 3.18. The van der Waals surface area contributed by atoms with Gasteiger partial charge in [0.05, 0.1) is 0 Å². The lowest BCUT2D eigenvalue weighted by Gasteiger charge is -2.10. The van der Waals surface area contributed by atoms with Gasteiger partial charge in [-0.2, -0.15) is 0 Å². The SMILES string of the molecule is Cc1csc(=O)n1CCC(=O)Nc1ccc(SC2CCCC2)cc1. The lowest BCUT2D eigenvalue weighted by atomic mass is 10.3. The molecular weight excluding hydrogens is 340 g/mol. The molecule has 0 radical (unpaired) electrons. The van der Waals surface area contributed by atoms with Crippen LogP contribution in [0, 0.1) is 6.92 Å².